The summed E-state index contributed by atoms with van der Waals surface area (Å²) < 4.78 is 0. The molecule has 0 fully saturated rings. The Kier molecular flexibility index (Phi) is 1.91. The molecule has 0 unspecified atom stereocenters. The van der Waals surface area contributed by atoms with Crippen molar-refractivity contribution < 1.29 is 0 Å². The first-order valence-electron chi connectivity index (χ1n) is 5.82. The Bertz CT molecular complexity index is 444. The molecule has 0 spiro atoms. The second-order valence-electron chi connectivity index (χ2n) is 4.85. The molecule has 2 aliphatic rings. The van der Waals surface area contributed by atoms with Crippen LogP contribution in [0.5, 0.6) is 0 Å². The summed E-state index contributed by atoms with van der Waals surface area (Å²) in [5, 5.41) is 0. The van der Waals surface area contributed by atoms with Gasteiger partial charge in [0.1, 0.15) is 6.33 Å². The van der Waals surface area contributed by atoms with Crippen LogP contribution in [-0.4, -0.2) is 9.97 Å². The number of nitrogens with zero attached hydrogens (tertiary/aromatic N) is 2. The van der Waals surface area contributed by atoms with Crippen LogP contribution in [0.3, 0.4) is 0 Å². The van der Waals surface area contributed by atoms with E-state index in [1.807, 2.05) is 0 Å². The third-order valence-electron chi connectivity index (χ3n) is 3.52. The van der Waals surface area contributed by atoms with E-state index in [1.54, 1.807) is 17.5 Å². The van der Waals surface area contributed by atoms with Gasteiger partial charge in [-0.2, -0.15) is 0 Å². The summed E-state index contributed by atoms with van der Waals surface area (Å²) in [4.78, 5) is 8.90. The van der Waals surface area contributed by atoms with Gasteiger partial charge in [0.2, 0.25) is 0 Å². The minimum atomic E-state index is 0.509. The van der Waals surface area contributed by atoms with Crippen LogP contribution in [0.2, 0.25) is 0 Å². The number of rotatable bonds is 1. The van der Waals surface area contributed by atoms with Crippen molar-refractivity contribution in [3.8, 4) is 0 Å². The third kappa shape index (κ3) is 1.24. The van der Waals surface area contributed by atoms with Gasteiger partial charge in [0.25, 0.3) is 0 Å². The average Bonchev–Trinajstić information content (AvgIpc) is 2.75. The van der Waals surface area contributed by atoms with E-state index in [0.717, 1.165) is 6.42 Å². The molecule has 0 bridgehead atoms. The largest absolute Gasteiger partial charge is 0.240 e. The first-order chi connectivity index (χ1) is 7.27. The second-order valence-corrected chi connectivity index (χ2v) is 4.85. The smallest absolute Gasteiger partial charge is 0.116 e. The van der Waals surface area contributed by atoms with Gasteiger partial charge in [-0.05, 0) is 30.8 Å². The highest BCUT2D eigenvalue weighted by atomic mass is 14.9. The van der Waals surface area contributed by atoms with Gasteiger partial charge >= 0.3 is 0 Å². The van der Waals surface area contributed by atoms with Crippen molar-refractivity contribution in [3.63, 3.8) is 0 Å². The molecule has 0 aliphatic heterocycles. The van der Waals surface area contributed by atoms with E-state index < -0.39 is 0 Å². The Morgan fingerprint density at radius 2 is 2.07 bits per heavy atom. The topological polar surface area (TPSA) is 25.8 Å². The van der Waals surface area contributed by atoms with Gasteiger partial charge in [-0.15, -0.1) is 0 Å². The van der Waals surface area contributed by atoms with Crippen molar-refractivity contribution in [3.05, 3.63) is 28.9 Å². The minimum absolute atomic E-state index is 0.509. The Labute approximate surface area is 90.5 Å². The number of hydrogen-bond donors (Lipinski definition) is 0. The molecule has 0 amide bonds. The van der Waals surface area contributed by atoms with E-state index in [1.165, 1.54) is 36.2 Å². The van der Waals surface area contributed by atoms with Crippen molar-refractivity contribution in [1.82, 2.24) is 9.97 Å². The number of hydrogen-bond acceptors (Lipinski definition) is 2. The quantitative estimate of drug-likeness (QED) is 0.696. The number of fused-ring (bicyclic) bond motifs is 2. The van der Waals surface area contributed by atoms with Crippen LogP contribution in [0.1, 0.15) is 56.0 Å². The summed E-state index contributed by atoms with van der Waals surface area (Å²) in [7, 11) is 0. The second kappa shape index (κ2) is 3.16. The summed E-state index contributed by atoms with van der Waals surface area (Å²) in [6.07, 6.45) is 6.68. The lowest BCUT2D eigenvalue weighted by Gasteiger charge is -2.11. The summed E-state index contributed by atoms with van der Waals surface area (Å²) in [5.74, 6) is 0.509. The van der Waals surface area contributed by atoms with Gasteiger partial charge in [0.05, 0.1) is 11.4 Å². The zero-order valence-electron chi connectivity index (χ0n) is 9.38. The highest BCUT2D eigenvalue weighted by Crippen LogP contribution is 2.44. The molecule has 1 heterocycles. The summed E-state index contributed by atoms with van der Waals surface area (Å²) in [5.41, 5.74) is 7.15. The predicted octanol–water partition coefficient (Wildman–Crippen LogP) is 3.09. The SMILES string of the molecule is CC(C)c1ncnc2c1C1=C(CCC1)C2. The Morgan fingerprint density at radius 1 is 1.20 bits per heavy atom. The van der Waals surface area contributed by atoms with Crippen molar-refractivity contribution in [1.29, 1.82) is 0 Å². The minimum Gasteiger partial charge on any atom is -0.240 e. The van der Waals surface area contributed by atoms with E-state index in [-0.39, 0.29) is 0 Å². The lowest BCUT2D eigenvalue weighted by molar-refractivity contribution is 0.792. The molecular weight excluding hydrogens is 184 g/mol. The van der Waals surface area contributed by atoms with Crippen LogP contribution in [0.15, 0.2) is 11.9 Å². The molecule has 0 aromatic carbocycles. The highest BCUT2D eigenvalue weighted by molar-refractivity contribution is 5.78. The van der Waals surface area contributed by atoms with E-state index in [4.69, 9.17) is 0 Å². The van der Waals surface area contributed by atoms with E-state index >= 15 is 0 Å². The molecule has 0 radical (unpaired) electrons. The third-order valence-corrected chi connectivity index (χ3v) is 3.52. The van der Waals surface area contributed by atoms with Gasteiger partial charge in [0.15, 0.2) is 0 Å². The van der Waals surface area contributed by atoms with Crippen LogP contribution in [0, 0.1) is 0 Å². The normalized spacial score (nSPS) is 18.6. The van der Waals surface area contributed by atoms with E-state index in [9.17, 15) is 0 Å². The van der Waals surface area contributed by atoms with Crippen LogP contribution in [0.25, 0.3) is 5.57 Å². The van der Waals surface area contributed by atoms with Gasteiger partial charge in [0, 0.05) is 12.0 Å². The van der Waals surface area contributed by atoms with Crippen molar-refractivity contribution in [2.24, 2.45) is 0 Å². The molecule has 78 valence electrons. The Morgan fingerprint density at radius 3 is 2.87 bits per heavy atom. The van der Waals surface area contributed by atoms with Gasteiger partial charge in [-0.3, -0.25) is 0 Å². The molecule has 3 rings (SSSR count). The van der Waals surface area contributed by atoms with Gasteiger partial charge < -0.3 is 0 Å². The van der Waals surface area contributed by atoms with Crippen LogP contribution in [0.4, 0.5) is 0 Å². The standard InChI is InChI=1S/C13H16N2/c1-8(2)13-12-10-5-3-4-9(10)6-11(12)14-7-15-13/h7-8H,3-6H2,1-2H3. The molecule has 1 aromatic heterocycles. The Balaban J connectivity index is 2.18. The van der Waals surface area contributed by atoms with Crippen molar-refractivity contribution in [2.45, 2.75) is 45.4 Å². The molecule has 2 aliphatic carbocycles. The average molecular weight is 200 g/mol. The first-order valence-corrected chi connectivity index (χ1v) is 5.82. The predicted molar refractivity (Wildman–Crippen MR) is 60.6 cm³/mol. The molecule has 2 nitrogen and oxygen atoms in total. The molecule has 1 aromatic rings. The number of allylic oxidation sites excluding steroid dienone is 2. The molecule has 2 heteroatoms. The van der Waals surface area contributed by atoms with Crippen LogP contribution in [-0.2, 0) is 6.42 Å². The first kappa shape index (κ1) is 9.08. The maximum Gasteiger partial charge on any atom is 0.116 e. The maximum atomic E-state index is 4.46. The highest BCUT2D eigenvalue weighted by Gasteiger charge is 2.29. The van der Waals surface area contributed by atoms with Crippen LogP contribution >= 0.6 is 0 Å². The fourth-order valence-corrected chi connectivity index (χ4v) is 2.84. The summed E-state index contributed by atoms with van der Waals surface area (Å²) in [6.45, 7) is 4.44. The zero-order chi connectivity index (χ0) is 10.4. The molecular formula is C13H16N2. The lowest BCUT2D eigenvalue weighted by atomic mass is 9.98. The number of aromatic nitrogens is 2. The molecule has 15 heavy (non-hydrogen) atoms. The van der Waals surface area contributed by atoms with E-state index in [2.05, 4.69) is 23.8 Å². The molecule has 0 N–H and O–H groups in total. The molecule has 0 saturated heterocycles. The monoisotopic (exact) mass is 200 g/mol. The molecule has 0 saturated carbocycles. The van der Waals surface area contributed by atoms with Crippen molar-refractivity contribution >= 4 is 5.57 Å². The van der Waals surface area contributed by atoms with Gasteiger partial charge in [-0.25, -0.2) is 9.97 Å². The van der Waals surface area contributed by atoms with Crippen LogP contribution < -0.4 is 0 Å². The van der Waals surface area contributed by atoms with Gasteiger partial charge in [-0.1, -0.05) is 19.4 Å². The fraction of sp³-hybridized carbons (Fsp3) is 0.538. The Hall–Kier alpha value is -1.18. The summed E-state index contributed by atoms with van der Waals surface area (Å²) >= 11 is 0. The fourth-order valence-electron chi connectivity index (χ4n) is 2.84. The maximum absolute atomic E-state index is 4.46. The molecule has 0 atom stereocenters. The van der Waals surface area contributed by atoms with Crippen molar-refractivity contribution in [2.75, 3.05) is 0 Å². The van der Waals surface area contributed by atoms with E-state index in [0.29, 0.717) is 5.92 Å². The summed E-state index contributed by atoms with van der Waals surface area (Å²) in [6, 6.07) is 0. The lowest BCUT2D eigenvalue weighted by Crippen LogP contribution is -2.02. The zero-order valence-corrected chi connectivity index (χ0v) is 9.38.